The van der Waals surface area contributed by atoms with Gasteiger partial charge in [0, 0.05) is 45.8 Å². The zero-order valence-corrected chi connectivity index (χ0v) is 18.5. The van der Waals surface area contributed by atoms with Crippen LogP contribution in [0, 0.1) is 0 Å². The monoisotopic (exact) mass is 452 g/mol. The number of sulfonamides is 1. The van der Waals surface area contributed by atoms with Gasteiger partial charge < -0.3 is 15.5 Å². The van der Waals surface area contributed by atoms with Crippen molar-refractivity contribution in [2.45, 2.75) is 24.2 Å². The van der Waals surface area contributed by atoms with Crippen molar-refractivity contribution in [2.24, 2.45) is 0 Å². The molecule has 1 amide bonds. The number of aromatic nitrogens is 2. The number of amides is 1. The average Bonchev–Trinajstić information content (AvgIpc) is 3.12. The minimum atomic E-state index is -3.48. The molecule has 1 aliphatic heterocycles. The standard InChI is InChI=1S/C19H25ClN6O3S/c1-25(2)30(28,29)15-8-6-14(7-9-15)23-19-22-13-16(20)18(24-19)21-10-4-12-26-11-3-5-17(26)27/h6-9,13H,3-5,10-12H2,1-2H3,(H2,21,22,23,24). The Labute approximate surface area is 181 Å². The molecule has 30 heavy (non-hydrogen) atoms. The first-order valence-electron chi connectivity index (χ1n) is 9.61. The van der Waals surface area contributed by atoms with Crippen molar-refractivity contribution in [1.29, 1.82) is 0 Å². The summed E-state index contributed by atoms with van der Waals surface area (Å²) in [7, 11) is -0.506. The summed E-state index contributed by atoms with van der Waals surface area (Å²) in [6.07, 6.45) is 3.86. The number of anilines is 3. The van der Waals surface area contributed by atoms with Crippen LogP contribution in [0.5, 0.6) is 0 Å². The predicted molar refractivity (Wildman–Crippen MR) is 117 cm³/mol. The second-order valence-corrected chi connectivity index (χ2v) is 9.65. The molecule has 1 fully saturated rings. The fourth-order valence-electron chi connectivity index (χ4n) is 3.02. The molecule has 1 aromatic carbocycles. The molecule has 162 valence electrons. The van der Waals surface area contributed by atoms with Crippen LogP contribution in [-0.4, -0.2) is 67.2 Å². The Morgan fingerprint density at radius 2 is 1.97 bits per heavy atom. The van der Waals surface area contributed by atoms with E-state index >= 15 is 0 Å². The van der Waals surface area contributed by atoms with Gasteiger partial charge in [0.2, 0.25) is 21.9 Å². The number of nitrogens with one attached hydrogen (secondary N) is 2. The summed E-state index contributed by atoms with van der Waals surface area (Å²) in [4.78, 5) is 22.3. The van der Waals surface area contributed by atoms with Gasteiger partial charge in [0.05, 0.1) is 11.1 Å². The highest BCUT2D eigenvalue weighted by molar-refractivity contribution is 7.89. The highest BCUT2D eigenvalue weighted by Gasteiger charge is 2.19. The molecule has 1 saturated heterocycles. The normalized spacial score (nSPS) is 14.4. The number of likely N-dealkylation sites (tertiary alicyclic amines) is 1. The van der Waals surface area contributed by atoms with Crippen LogP contribution in [0.3, 0.4) is 0 Å². The van der Waals surface area contributed by atoms with Crippen LogP contribution in [0.2, 0.25) is 5.02 Å². The van der Waals surface area contributed by atoms with Gasteiger partial charge in [-0.15, -0.1) is 0 Å². The van der Waals surface area contributed by atoms with Crippen LogP contribution in [-0.2, 0) is 14.8 Å². The van der Waals surface area contributed by atoms with E-state index in [1.165, 1.54) is 32.4 Å². The molecule has 0 aliphatic carbocycles. The lowest BCUT2D eigenvalue weighted by molar-refractivity contribution is -0.127. The molecule has 0 radical (unpaired) electrons. The van der Waals surface area contributed by atoms with Crippen molar-refractivity contribution in [3.63, 3.8) is 0 Å². The lowest BCUT2D eigenvalue weighted by atomic mass is 10.3. The molecule has 3 rings (SSSR count). The fraction of sp³-hybridized carbons (Fsp3) is 0.421. The third kappa shape index (κ3) is 5.38. The van der Waals surface area contributed by atoms with Crippen LogP contribution in [0.15, 0.2) is 35.4 Å². The third-order valence-electron chi connectivity index (χ3n) is 4.70. The molecule has 0 spiro atoms. The van der Waals surface area contributed by atoms with Gasteiger partial charge >= 0.3 is 0 Å². The van der Waals surface area contributed by atoms with Crippen molar-refractivity contribution in [1.82, 2.24) is 19.2 Å². The Bertz CT molecular complexity index is 998. The van der Waals surface area contributed by atoms with Crippen LogP contribution >= 0.6 is 11.6 Å². The van der Waals surface area contributed by atoms with Crippen LogP contribution < -0.4 is 10.6 Å². The number of halogens is 1. The van der Waals surface area contributed by atoms with E-state index in [0.717, 1.165) is 23.7 Å². The van der Waals surface area contributed by atoms with Gasteiger partial charge in [0.1, 0.15) is 10.8 Å². The smallest absolute Gasteiger partial charge is 0.242 e. The SMILES string of the molecule is CN(C)S(=O)(=O)c1ccc(Nc2ncc(Cl)c(NCCCN3CCCC3=O)n2)cc1. The minimum absolute atomic E-state index is 0.203. The molecule has 11 heteroatoms. The van der Waals surface area contributed by atoms with Crippen molar-refractivity contribution < 1.29 is 13.2 Å². The van der Waals surface area contributed by atoms with Gasteiger partial charge in [-0.3, -0.25) is 4.79 Å². The fourth-order valence-corrected chi connectivity index (χ4v) is 4.08. The van der Waals surface area contributed by atoms with E-state index < -0.39 is 10.0 Å². The maximum absolute atomic E-state index is 12.1. The summed E-state index contributed by atoms with van der Waals surface area (Å²) in [6.45, 7) is 2.16. The number of nitrogens with zero attached hydrogens (tertiary/aromatic N) is 4. The maximum Gasteiger partial charge on any atom is 0.242 e. The van der Waals surface area contributed by atoms with Crippen LogP contribution in [0.4, 0.5) is 17.5 Å². The van der Waals surface area contributed by atoms with Crippen molar-refractivity contribution >= 4 is 45.0 Å². The first kappa shape index (κ1) is 22.3. The average molecular weight is 453 g/mol. The molecule has 0 unspecified atom stereocenters. The first-order chi connectivity index (χ1) is 14.3. The number of carbonyl (C=O) groups excluding carboxylic acids is 1. The maximum atomic E-state index is 12.1. The predicted octanol–water partition coefficient (Wildman–Crippen LogP) is 2.55. The second-order valence-electron chi connectivity index (χ2n) is 7.09. The Kier molecular flexibility index (Phi) is 7.11. The van der Waals surface area contributed by atoms with Gasteiger partial charge in [-0.05, 0) is 37.1 Å². The van der Waals surface area contributed by atoms with E-state index in [4.69, 9.17) is 11.6 Å². The lowest BCUT2D eigenvalue weighted by Crippen LogP contribution is -2.27. The Balaban J connectivity index is 1.58. The number of carbonyl (C=O) groups is 1. The molecular formula is C19H25ClN6O3S. The summed E-state index contributed by atoms with van der Waals surface area (Å²) in [5, 5.41) is 6.61. The molecular weight excluding hydrogens is 428 g/mol. The quantitative estimate of drug-likeness (QED) is 0.563. The van der Waals surface area contributed by atoms with E-state index in [2.05, 4.69) is 20.6 Å². The number of hydrogen-bond donors (Lipinski definition) is 2. The summed E-state index contributed by atoms with van der Waals surface area (Å²) in [6, 6.07) is 6.34. The van der Waals surface area contributed by atoms with Gasteiger partial charge in [0.15, 0.2) is 0 Å². The van der Waals surface area contributed by atoms with E-state index in [1.807, 2.05) is 4.90 Å². The van der Waals surface area contributed by atoms with Crippen LogP contribution in [0.1, 0.15) is 19.3 Å². The van der Waals surface area contributed by atoms with Crippen molar-refractivity contribution in [3.8, 4) is 0 Å². The Morgan fingerprint density at radius 3 is 2.60 bits per heavy atom. The Morgan fingerprint density at radius 1 is 1.23 bits per heavy atom. The molecule has 1 aliphatic rings. The van der Waals surface area contributed by atoms with Crippen molar-refractivity contribution in [3.05, 3.63) is 35.5 Å². The molecule has 2 heterocycles. The molecule has 2 N–H and O–H groups in total. The summed E-state index contributed by atoms with van der Waals surface area (Å²) in [5.74, 6) is 1.04. The van der Waals surface area contributed by atoms with Crippen LogP contribution in [0.25, 0.3) is 0 Å². The number of hydrogen-bond acceptors (Lipinski definition) is 7. The topological polar surface area (TPSA) is 108 Å². The number of rotatable bonds is 9. The van der Waals surface area contributed by atoms with E-state index in [0.29, 0.717) is 42.0 Å². The largest absolute Gasteiger partial charge is 0.369 e. The lowest BCUT2D eigenvalue weighted by Gasteiger charge is -2.16. The minimum Gasteiger partial charge on any atom is -0.369 e. The molecule has 9 nitrogen and oxygen atoms in total. The Hall–Kier alpha value is -2.43. The molecule has 1 aromatic heterocycles. The summed E-state index contributed by atoms with van der Waals surface area (Å²) >= 11 is 6.18. The van der Waals surface area contributed by atoms with Gasteiger partial charge in [-0.2, -0.15) is 4.98 Å². The van der Waals surface area contributed by atoms with Gasteiger partial charge in [-0.25, -0.2) is 17.7 Å². The highest BCUT2D eigenvalue weighted by atomic mass is 35.5. The zero-order valence-electron chi connectivity index (χ0n) is 16.9. The van der Waals surface area contributed by atoms with E-state index in [9.17, 15) is 13.2 Å². The zero-order chi connectivity index (χ0) is 21.7. The molecule has 2 aromatic rings. The summed E-state index contributed by atoms with van der Waals surface area (Å²) < 4.78 is 25.5. The van der Waals surface area contributed by atoms with E-state index in [1.54, 1.807) is 12.1 Å². The first-order valence-corrected chi connectivity index (χ1v) is 11.4. The molecule has 0 atom stereocenters. The molecule has 0 bridgehead atoms. The molecule has 0 saturated carbocycles. The summed E-state index contributed by atoms with van der Waals surface area (Å²) in [5.41, 5.74) is 0.647. The second kappa shape index (κ2) is 9.59. The third-order valence-corrected chi connectivity index (χ3v) is 6.81. The van der Waals surface area contributed by atoms with Crippen molar-refractivity contribution in [2.75, 3.05) is 44.4 Å². The van der Waals surface area contributed by atoms with Gasteiger partial charge in [0.25, 0.3) is 0 Å². The van der Waals surface area contributed by atoms with Gasteiger partial charge in [-0.1, -0.05) is 11.6 Å². The highest BCUT2D eigenvalue weighted by Crippen LogP contribution is 2.23. The number of benzene rings is 1. The van der Waals surface area contributed by atoms with E-state index in [-0.39, 0.29) is 10.8 Å².